The van der Waals surface area contributed by atoms with E-state index in [2.05, 4.69) is 74.7 Å². The molecule has 0 aliphatic carbocycles. The van der Waals surface area contributed by atoms with Gasteiger partial charge in [-0.1, -0.05) is 48.5 Å². The molecule has 0 fully saturated rings. The van der Waals surface area contributed by atoms with Crippen LogP contribution in [0.4, 0.5) is 0 Å². The molecule has 0 aliphatic rings. The van der Waals surface area contributed by atoms with Crippen LogP contribution in [-0.2, 0) is 6.42 Å². The Labute approximate surface area is 123 Å². The summed E-state index contributed by atoms with van der Waals surface area (Å²) in [4.78, 5) is 0. The monoisotopic (exact) mass is 268 g/mol. The molecule has 0 heterocycles. The van der Waals surface area contributed by atoms with Crippen LogP contribution in [0, 0.1) is 13.8 Å². The van der Waals surface area contributed by atoms with Crippen molar-refractivity contribution in [1.82, 2.24) is 0 Å². The van der Waals surface area contributed by atoms with E-state index in [-0.39, 0.29) is 0 Å². The zero-order valence-electron chi connectivity index (χ0n) is 12.9. The van der Waals surface area contributed by atoms with E-state index in [9.17, 15) is 0 Å². The average molecular weight is 268 g/mol. The summed E-state index contributed by atoms with van der Waals surface area (Å²) < 4.78 is 0. The van der Waals surface area contributed by atoms with E-state index in [1.807, 2.05) is 0 Å². The fraction of sp³-hybridized carbons (Fsp3) is 0.368. The molecular weight excluding hydrogens is 242 g/mol. The lowest BCUT2D eigenvalue weighted by atomic mass is 9.86. The third-order valence-corrected chi connectivity index (χ3v) is 4.17. The molecule has 2 N–H and O–H groups in total. The van der Waals surface area contributed by atoms with Crippen molar-refractivity contribution in [2.75, 3.05) is 13.6 Å². The minimum absolute atomic E-state index is 0.618. The second-order valence-electron chi connectivity index (χ2n) is 5.67. The van der Waals surface area contributed by atoms with E-state index in [1.54, 1.807) is 0 Å². The van der Waals surface area contributed by atoms with Gasteiger partial charge in [0.05, 0.1) is 13.6 Å². The number of hydrogen-bond acceptors (Lipinski definition) is 0. The molecule has 0 saturated heterocycles. The number of quaternary nitrogens is 1. The number of hydrogen-bond donors (Lipinski definition) is 1. The van der Waals surface area contributed by atoms with Crippen molar-refractivity contribution in [3.05, 3.63) is 70.8 Å². The van der Waals surface area contributed by atoms with Crippen molar-refractivity contribution in [3.8, 4) is 0 Å². The van der Waals surface area contributed by atoms with Crippen LogP contribution in [0.15, 0.2) is 48.5 Å². The smallest absolute Gasteiger partial charge is 0.0759 e. The van der Waals surface area contributed by atoms with Crippen LogP contribution < -0.4 is 5.32 Å². The van der Waals surface area contributed by atoms with Gasteiger partial charge in [-0.3, -0.25) is 0 Å². The van der Waals surface area contributed by atoms with E-state index in [4.69, 9.17) is 0 Å². The van der Waals surface area contributed by atoms with Gasteiger partial charge in [0.1, 0.15) is 0 Å². The van der Waals surface area contributed by atoms with Crippen molar-refractivity contribution >= 4 is 0 Å². The Balaban J connectivity index is 2.24. The van der Waals surface area contributed by atoms with Crippen LogP contribution in [-0.4, -0.2) is 13.6 Å². The van der Waals surface area contributed by atoms with Gasteiger partial charge in [0, 0.05) is 6.42 Å². The molecule has 2 aromatic carbocycles. The summed E-state index contributed by atoms with van der Waals surface area (Å²) in [6.07, 6.45) is 2.38. The maximum Gasteiger partial charge on any atom is 0.0759 e. The van der Waals surface area contributed by atoms with E-state index in [0.717, 1.165) is 6.42 Å². The molecule has 0 radical (unpaired) electrons. The van der Waals surface area contributed by atoms with Crippen LogP contribution in [0.2, 0.25) is 0 Å². The van der Waals surface area contributed by atoms with Crippen molar-refractivity contribution in [2.45, 2.75) is 32.6 Å². The van der Waals surface area contributed by atoms with Gasteiger partial charge < -0.3 is 5.32 Å². The molecule has 0 spiro atoms. The highest BCUT2D eigenvalue weighted by molar-refractivity contribution is 5.35. The van der Waals surface area contributed by atoms with Gasteiger partial charge in [-0.15, -0.1) is 0 Å². The molecule has 0 saturated carbocycles. The van der Waals surface area contributed by atoms with Crippen molar-refractivity contribution in [1.29, 1.82) is 0 Å². The molecule has 0 amide bonds. The highest BCUT2D eigenvalue weighted by atomic mass is 14.8. The minimum atomic E-state index is 0.618. The second-order valence-corrected chi connectivity index (χ2v) is 5.67. The SMILES string of the molecule is C[NH2+]CCC(Cc1c(C)cccc1C)c1ccccc1. The number of rotatable bonds is 6. The van der Waals surface area contributed by atoms with Crippen LogP contribution in [0.3, 0.4) is 0 Å². The summed E-state index contributed by atoms with van der Waals surface area (Å²) in [7, 11) is 2.15. The Morgan fingerprint density at radius 2 is 1.55 bits per heavy atom. The molecule has 1 atom stereocenters. The Hall–Kier alpha value is -1.60. The summed E-state index contributed by atoms with van der Waals surface area (Å²) >= 11 is 0. The quantitative estimate of drug-likeness (QED) is 0.828. The molecule has 1 unspecified atom stereocenters. The Morgan fingerprint density at radius 1 is 0.900 bits per heavy atom. The van der Waals surface area contributed by atoms with E-state index >= 15 is 0 Å². The predicted octanol–water partition coefficient (Wildman–Crippen LogP) is 3.21. The molecule has 0 aromatic heterocycles. The molecule has 20 heavy (non-hydrogen) atoms. The summed E-state index contributed by atoms with van der Waals surface area (Å²) in [6.45, 7) is 5.65. The zero-order chi connectivity index (χ0) is 14.4. The summed E-state index contributed by atoms with van der Waals surface area (Å²) in [5.74, 6) is 0.618. The second kappa shape index (κ2) is 7.25. The summed E-state index contributed by atoms with van der Waals surface area (Å²) in [6, 6.07) is 17.6. The predicted molar refractivity (Wildman–Crippen MR) is 86.1 cm³/mol. The third kappa shape index (κ3) is 3.71. The Bertz CT molecular complexity index is 510. The lowest BCUT2D eigenvalue weighted by molar-refractivity contribution is -0.627. The molecule has 0 aliphatic heterocycles. The van der Waals surface area contributed by atoms with E-state index < -0.39 is 0 Å². The summed E-state index contributed by atoms with van der Waals surface area (Å²) in [5.41, 5.74) is 5.84. The molecular formula is C19H26N+. The van der Waals surface area contributed by atoms with Gasteiger partial charge in [-0.05, 0) is 48.4 Å². The van der Waals surface area contributed by atoms with Gasteiger partial charge in [-0.2, -0.15) is 0 Å². The Morgan fingerprint density at radius 3 is 2.15 bits per heavy atom. The Kier molecular flexibility index (Phi) is 5.37. The number of aryl methyl sites for hydroxylation is 2. The topological polar surface area (TPSA) is 16.6 Å². The first-order valence-electron chi connectivity index (χ1n) is 7.60. The fourth-order valence-corrected chi connectivity index (χ4v) is 2.90. The van der Waals surface area contributed by atoms with Crippen molar-refractivity contribution in [3.63, 3.8) is 0 Å². The van der Waals surface area contributed by atoms with Gasteiger partial charge in [0.2, 0.25) is 0 Å². The highest BCUT2D eigenvalue weighted by Gasteiger charge is 2.15. The van der Waals surface area contributed by atoms with Gasteiger partial charge >= 0.3 is 0 Å². The first-order valence-corrected chi connectivity index (χ1v) is 7.60. The van der Waals surface area contributed by atoms with Gasteiger partial charge in [0.15, 0.2) is 0 Å². The minimum Gasteiger partial charge on any atom is -0.349 e. The fourth-order valence-electron chi connectivity index (χ4n) is 2.90. The lowest BCUT2D eigenvalue weighted by Gasteiger charge is -2.19. The molecule has 2 aromatic rings. The van der Waals surface area contributed by atoms with Crippen LogP contribution in [0.1, 0.15) is 34.6 Å². The molecule has 1 nitrogen and oxygen atoms in total. The van der Waals surface area contributed by atoms with Crippen LogP contribution in [0.25, 0.3) is 0 Å². The molecule has 2 rings (SSSR count). The van der Waals surface area contributed by atoms with E-state index in [1.165, 1.54) is 35.2 Å². The number of nitrogens with two attached hydrogens (primary N) is 1. The third-order valence-electron chi connectivity index (χ3n) is 4.17. The van der Waals surface area contributed by atoms with Crippen molar-refractivity contribution in [2.24, 2.45) is 0 Å². The van der Waals surface area contributed by atoms with Crippen LogP contribution in [0.5, 0.6) is 0 Å². The standard InChI is InChI=1S/C19H25N/c1-15-8-7-9-16(2)19(15)14-18(12-13-20-3)17-10-5-4-6-11-17/h4-11,18,20H,12-14H2,1-3H3/p+1. The van der Waals surface area contributed by atoms with E-state index in [0.29, 0.717) is 5.92 Å². The zero-order valence-corrected chi connectivity index (χ0v) is 12.9. The lowest BCUT2D eigenvalue weighted by Crippen LogP contribution is -2.79. The molecule has 0 bridgehead atoms. The van der Waals surface area contributed by atoms with Gasteiger partial charge in [0.25, 0.3) is 0 Å². The van der Waals surface area contributed by atoms with Crippen LogP contribution >= 0.6 is 0 Å². The number of benzene rings is 2. The highest BCUT2D eigenvalue weighted by Crippen LogP contribution is 2.26. The first-order chi connectivity index (χ1) is 9.72. The molecule has 1 heteroatoms. The van der Waals surface area contributed by atoms with Crippen molar-refractivity contribution < 1.29 is 5.32 Å². The average Bonchev–Trinajstić information content (AvgIpc) is 2.47. The first kappa shape index (κ1) is 14.8. The normalized spacial score (nSPS) is 12.3. The maximum atomic E-state index is 2.28. The molecule has 106 valence electrons. The summed E-state index contributed by atoms with van der Waals surface area (Å²) in [5, 5.41) is 2.28. The largest absolute Gasteiger partial charge is 0.349 e. The van der Waals surface area contributed by atoms with Gasteiger partial charge in [-0.25, -0.2) is 0 Å². The maximum absolute atomic E-state index is 2.28.